The Morgan fingerprint density at radius 2 is 1.77 bits per heavy atom. The number of rotatable bonds is 4. The summed E-state index contributed by atoms with van der Waals surface area (Å²) in [5.74, 6) is 1.44. The second kappa shape index (κ2) is 6.11. The highest BCUT2D eigenvalue weighted by atomic mass is 32.1. The molecule has 0 spiro atoms. The topological polar surface area (TPSA) is 57.1 Å². The fraction of sp³-hybridized carbons (Fsp3) is 0.188. The smallest absolute Gasteiger partial charge is 0.163 e. The van der Waals surface area contributed by atoms with Crippen molar-refractivity contribution >= 4 is 11.5 Å². The number of hydrogen-bond donors (Lipinski definition) is 0. The Bertz CT molecular complexity index is 787. The number of aromatic nitrogens is 3. The van der Waals surface area contributed by atoms with Crippen LogP contribution in [-0.2, 0) is 0 Å². The molecule has 0 bridgehead atoms. The summed E-state index contributed by atoms with van der Waals surface area (Å²) in [6, 6.07) is 3.98. The average molecular weight is 313 g/mol. The van der Waals surface area contributed by atoms with Gasteiger partial charge in [0.05, 0.1) is 19.9 Å². The summed E-state index contributed by atoms with van der Waals surface area (Å²) in [4.78, 5) is 8.15. The van der Waals surface area contributed by atoms with Crippen molar-refractivity contribution in [2.45, 2.75) is 6.92 Å². The van der Waals surface area contributed by atoms with Gasteiger partial charge in [0.1, 0.15) is 6.33 Å². The van der Waals surface area contributed by atoms with Crippen molar-refractivity contribution in [3.63, 3.8) is 0 Å². The summed E-state index contributed by atoms with van der Waals surface area (Å²) in [5, 5.41) is 2.00. The monoisotopic (exact) mass is 313 g/mol. The third-order valence-electron chi connectivity index (χ3n) is 3.38. The van der Waals surface area contributed by atoms with Crippen molar-refractivity contribution in [1.29, 1.82) is 0 Å². The minimum absolute atomic E-state index is 0.695. The first-order chi connectivity index (χ1) is 10.7. The van der Waals surface area contributed by atoms with Crippen LogP contribution in [0, 0.1) is 6.92 Å². The maximum absolute atomic E-state index is 5.43. The number of methoxy groups -OCH3 is 2. The van der Waals surface area contributed by atoms with Crippen LogP contribution in [0.25, 0.3) is 22.4 Å². The normalized spacial score (nSPS) is 10.5. The number of hydrogen-bond acceptors (Lipinski definition) is 6. The molecule has 22 heavy (non-hydrogen) atoms. The van der Waals surface area contributed by atoms with Gasteiger partial charge in [-0.25, -0.2) is 9.97 Å². The second-order valence-electron chi connectivity index (χ2n) is 4.73. The van der Waals surface area contributed by atoms with Gasteiger partial charge in [-0.1, -0.05) is 0 Å². The first-order valence-corrected chi connectivity index (χ1v) is 7.51. The van der Waals surface area contributed by atoms with Crippen LogP contribution in [0.15, 0.2) is 36.2 Å². The molecule has 3 rings (SSSR count). The van der Waals surface area contributed by atoms with Crippen molar-refractivity contribution in [2.24, 2.45) is 0 Å². The van der Waals surface area contributed by atoms with Crippen LogP contribution in [-0.4, -0.2) is 28.6 Å². The fourth-order valence-corrected chi connectivity index (χ4v) is 3.09. The Balaban J connectivity index is 2.14. The number of aryl methyl sites for hydroxylation is 1. The standard InChI is InChI=1S/C16H15N3O2S/c1-10-4-11(5-14(20-2)16(10)21-3)15-13(8-22-19-15)12-6-17-9-18-7-12/h4-9H,1-3H3. The molecule has 0 unspecified atom stereocenters. The number of benzene rings is 1. The lowest BCUT2D eigenvalue weighted by atomic mass is 10.0. The Labute approximate surface area is 132 Å². The minimum atomic E-state index is 0.695. The highest BCUT2D eigenvalue weighted by Gasteiger charge is 2.16. The molecule has 2 heterocycles. The number of nitrogens with zero attached hydrogens (tertiary/aromatic N) is 3. The van der Waals surface area contributed by atoms with E-state index in [0.717, 1.165) is 33.7 Å². The second-order valence-corrected chi connectivity index (χ2v) is 5.36. The first-order valence-electron chi connectivity index (χ1n) is 6.67. The van der Waals surface area contributed by atoms with E-state index < -0.39 is 0 Å². The summed E-state index contributed by atoms with van der Waals surface area (Å²) in [7, 11) is 3.27. The molecule has 0 atom stereocenters. The molecule has 0 saturated carbocycles. The molecule has 0 radical (unpaired) electrons. The van der Waals surface area contributed by atoms with Crippen molar-refractivity contribution in [3.05, 3.63) is 41.8 Å². The Morgan fingerprint density at radius 1 is 1.00 bits per heavy atom. The predicted molar refractivity (Wildman–Crippen MR) is 86.4 cm³/mol. The van der Waals surface area contributed by atoms with E-state index in [2.05, 4.69) is 14.3 Å². The van der Waals surface area contributed by atoms with Crippen molar-refractivity contribution in [2.75, 3.05) is 14.2 Å². The van der Waals surface area contributed by atoms with Gasteiger partial charge < -0.3 is 9.47 Å². The number of ether oxygens (including phenoxy) is 2. The van der Waals surface area contributed by atoms with Crippen molar-refractivity contribution in [3.8, 4) is 33.9 Å². The van der Waals surface area contributed by atoms with E-state index in [4.69, 9.17) is 9.47 Å². The largest absolute Gasteiger partial charge is 0.493 e. The van der Waals surface area contributed by atoms with E-state index in [1.54, 1.807) is 26.6 Å². The molecule has 5 nitrogen and oxygen atoms in total. The molecule has 2 aromatic heterocycles. The van der Waals surface area contributed by atoms with Gasteiger partial charge in [-0.15, -0.1) is 0 Å². The predicted octanol–water partition coefficient (Wildman–Crippen LogP) is 3.59. The summed E-state index contributed by atoms with van der Waals surface area (Å²) in [6.45, 7) is 1.99. The van der Waals surface area contributed by atoms with Crippen molar-refractivity contribution < 1.29 is 9.47 Å². The van der Waals surface area contributed by atoms with Crippen LogP contribution < -0.4 is 9.47 Å². The zero-order valence-corrected chi connectivity index (χ0v) is 13.3. The lowest BCUT2D eigenvalue weighted by molar-refractivity contribution is 0.353. The Morgan fingerprint density at radius 3 is 2.45 bits per heavy atom. The summed E-state index contributed by atoms with van der Waals surface area (Å²) in [5.41, 5.74) is 4.83. The van der Waals surface area contributed by atoms with Gasteiger partial charge in [0.2, 0.25) is 0 Å². The van der Waals surface area contributed by atoms with E-state index in [1.165, 1.54) is 17.9 Å². The summed E-state index contributed by atoms with van der Waals surface area (Å²) < 4.78 is 15.3. The maximum Gasteiger partial charge on any atom is 0.163 e. The van der Waals surface area contributed by atoms with Gasteiger partial charge in [0, 0.05) is 34.5 Å². The molecular formula is C16H15N3O2S. The van der Waals surface area contributed by atoms with E-state index in [9.17, 15) is 0 Å². The lowest BCUT2D eigenvalue weighted by Gasteiger charge is -2.12. The van der Waals surface area contributed by atoms with Gasteiger partial charge in [0.25, 0.3) is 0 Å². The summed E-state index contributed by atoms with van der Waals surface area (Å²) >= 11 is 1.41. The third kappa shape index (κ3) is 2.53. The third-order valence-corrected chi connectivity index (χ3v) is 4.01. The van der Waals surface area contributed by atoms with Crippen LogP contribution in [0.3, 0.4) is 0 Å². The molecule has 0 N–H and O–H groups in total. The van der Waals surface area contributed by atoms with E-state index in [0.29, 0.717) is 5.75 Å². The molecule has 0 fully saturated rings. The highest BCUT2D eigenvalue weighted by molar-refractivity contribution is 7.04. The Kier molecular flexibility index (Phi) is 4.02. The van der Waals surface area contributed by atoms with E-state index in [1.807, 2.05) is 24.4 Å². The molecule has 0 aliphatic heterocycles. The van der Waals surface area contributed by atoms with Gasteiger partial charge in [-0.3, -0.25) is 0 Å². The maximum atomic E-state index is 5.43. The fourth-order valence-electron chi connectivity index (χ4n) is 2.38. The van der Waals surface area contributed by atoms with E-state index in [-0.39, 0.29) is 0 Å². The van der Waals surface area contributed by atoms with Gasteiger partial charge in [0.15, 0.2) is 11.5 Å². The zero-order valence-electron chi connectivity index (χ0n) is 12.5. The van der Waals surface area contributed by atoms with Crippen LogP contribution in [0.5, 0.6) is 11.5 Å². The lowest BCUT2D eigenvalue weighted by Crippen LogP contribution is -1.95. The van der Waals surface area contributed by atoms with Crippen LogP contribution in [0.2, 0.25) is 0 Å². The molecule has 3 aromatic rings. The van der Waals surface area contributed by atoms with Gasteiger partial charge in [-0.2, -0.15) is 4.37 Å². The average Bonchev–Trinajstić information content (AvgIpc) is 3.04. The highest BCUT2D eigenvalue weighted by Crippen LogP contribution is 2.39. The molecule has 1 aromatic carbocycles. The zero-order chi connectivity index (χ0) is 15.5. The van der Waals surface area contributed by atoms with Crippen molar-refractivity contribution in [1.82, 2.24) is 14.3 Å². The SMILES string of the molecule is COc1cc(-c2nscc2-c2cncnc2)cc(C)c1OC. The molecule has 0 amide bonds. The molecular weight excluding hydrogens is 298 g/mol. The van der Waals surface area contributed by atoms with Crippen LogP contribution >= 0.6 is 11.5 Å². The quantitative estimate of drug-likeness (QED) is 0.736. The first kappa shape index (κ1) is 14.5. The van der Waals surface area contributed by atoms with Gasteiger partial charge >= 0.3 is 0 Å². The van der Waals surface area contributed by atoms with E-state index >= 15 is 0 Å². The van der Waals surface area contributed by atoms with Crippen LogP contribution in [0.1, 0.15) is 5.56 Å². The molecule has 0 aliphatic carbocycles. The molecule has 0 saturated heterocycles. The molecule has 112 valence electrons. The molecule has 6 heteroatoms. The minimum Gasteiger partial charge on any atom is -0.493 e. The Hall–Kier alpha value is -2.47. The molecule has 0 aliphatic rings. The summed E-state index contributed by atoms with van der Waals surface area (Å²) in [6.07, 6.45) is 5.09. The van der Waals surface area contributed by atoms with Gasteiger partial charge in [-0.05, 0) is 36.2 Å². The van der Waals surface area contributed by atoms with Crippen LogP contribution in [0.4, 0.5) is 0 Å².